The zero-order valence-electron chi connectivity index (χ0n) is 16.6. The van der Waals surface area contributed by atoms with Crippen LogP contribution in [-0.2, 0) is 0 Å². The van der Waals surface area contributed by atoms with Gasteiger partial charge in [0.1, 0.15) is 11.6 Å². The van der Waals surface area contributed by atoms with Gasteiger partial charge < -0.3 is 4.98 Å². The standard InChI is InChI=1S/C24H22F3N3/c1-13(24-29-22-11-19(26)20(27)12-23(22)30-24)14-2-4-15(5-3-14)17-8-9-28-21-7-6-16(25)10-18(17)21/h6-15H,2-5H2,1H3,(H,29,30)/t13-,14?,15?/m0/s1. The summed E-state index contributed by atoms with van der Waals surface area (Å²) < 4.78 is 40.8. The zero-order valence-corrected chi connectivity index (χ0v) is 16.6. The minimum atomic E-state index is -0.880. The van der Waals surface area contributed by atoms with Crippen LogP contribution < -0.4 is 0 Å². The van der Waals surface area contributed by atoms with Crippen LogP contribution in [0.4, 0.5) is 13.2 Å². The molecule has 0 aliphatic heterocycles. The average Bonchev–Trinajstić information content (AvgIpc) is 3.16. The Labute approximate surface area is 172 Å². The Balaban J connectivity index is 1.34. The van der Waals surface area contributed by atoms with Crippen molar-refractivity contribution in [3.8, 4) is 0 Å². The normalized spacial score (nSPS) is 20.7. The highest BCUT2D eigenvalue weighted by Crippen LogP contribution is 2.43. The van der Waals surface area contributed by atoms with E-state index >= 15 is 0 Å². The molecule has 1 atom stereocenters. The molecule has 3 nitrogen and oxygen atoms in total. The summed E-state index contributed by atoms with van der Waals surface area (Å²) in [4.78, 5) is 12.0. The average molecular weight is 409 g/mol. The lowest BCUT2D eigenvalue weighted by atomic mass is 9.73. The molecule has 0 spiro atoms. The number of halogens is 3. The van der Waals surface area contributed by atoms with Crippen molar-refractivity contribution in [2.75, 3.05) is 0 Å². The van der Waals surface area contributed by atoms with Gasteiger partial charge in [-0.25, -0.2) is 18.2 Å². The Bertz CT molecular complexity index is 1190. The molecule has 1 aliphatic rings. The van der Waals surface area contributed by atoms with Crippen molar-refractivity contribution in [2.45, 2.75) is 44.4 Å². The van der Waals surface area contributed by atoms with Crippen molar-refractivity contribution in [3.63, 3.8) is 0 Å². The second kappa shape index (κ2) is 7.42. The number of fused-ring (bicyclic) bond motifs is 2. The molecule has 30 heavy (non-hydrogen) atoms. The van der Waals surface area contributed by atoms with Crippen LogP contribution in [0.2, 0.25) is 0 Å². The van der Waals surface area contributed by atoms with E-state index in [1.807, 2.05) is 6.07 Å². The SMILES string of the molecule is C[C@H](c1nc2cc(F)c(F)cc2[nH]1)C1CCC(c2ccnc3ccc(F)cc23)CC1. The van der Waals surface area contributed by atoms with Gasteiger partial charge in [-0.05, 0) is 67.3 Å². The second-order valence-corrected chi connectivity index (χ2v) is 8.37. The van der Waals surface area contributed by atoms with Crippen LogP contribution in [0.25, 0.3) is 21.9 Å². The van der Waals surface area contributed by atoms with Crippen LogP contribution in [0.3, 0.4) is 0 Å². The number of hydrogen-bond donors (Lipinski definition) is 1. The lowest BCUT2D eigenvalue weighted by Crippen LogP contribution is -2.19. The quantitative estimate of drug-likeness (QED) is 0.414. The van der Waals surface area contributed by atoms with E-state index in [1.54, 1.807) is 18.3 Å². The van der Waals surface area contributed by atoms with Crippen LogP contribution in [-0.4, -0.2) is 15.0 Å². The van der Waals surface area contributed by atoms with E-state index in [4.69, 9.17) is 0 Å². The van der Waals surface area contributed by atoms with Gasteiger partial charge in [0.05, 0.1) is 16.6 Å². The molecule has 0 saturated heterocycles. The third-order valence-electron chi connectivity index (χ3n) is 6.63. The summed E-state index contributed by atoms with van der Waals surface area (Å²) in [7, 11) is 0. The number of aromatic nitrogens is 3. The molecule has 1 fully saturated rings. The summed E-state index contributed by atoms with van der Waals surface area (Å²) in [5.41, 5.74) is 2.97. The van der Waals surface area contributed by atoms with Gasteiger partial charge >= 0.3 is 0 Å². The third kappa shape index (κ3) is 3.34. The predicted octanol–water partition coefficient (Wildman–Crippen LogP) is 6.61. The van der Waals surface area contributed by atoms with E-state index in [-0.39, 0.29) is 11.7 Å². The summed E-state index contributed by atoms with van der Waals surface area (Å²) in [6.07, 6.45) is 5.86. The molecule has 0 amide bonds. The van der Waals surface area contributed by atoms with Crippen molar-refractivity contribution in [1.29, 1.82) is 0 Å². The topological polar surface area (TPSA) is 41.6 Å². The number of nitrogens with zero attached hydrogens (tertiary/aromatic N) is 2. The highest BCUT2D eigenvalue weighted by Gasteiger charge is 2.29. The van der Waals surface area contributed by atoms with E-state index < -0.39 is 11.6 Å². The molecule has 154 valence electrons. The fraction of sp³-hybridized carbons (Fsp3) is 0.333. The van der Waals surface area contributed by atoms with Gasteiger partial charge in [-0.2, -0.15) is 0 Å². The van der Waals surface area contributed by atoms with E-state index in [9.17, 15) is 13.2 Å². The van der Waals surface area contributed by atoms with Gasteiger partial charge in [0.15, 0.2) is 11.6 Å². The van der Waals surface area contributed by atoms with Crippen LogP contribution in [0.15, 0.2) is 42.6 Å². The largest absolute Gasteiger partial charge is 0.342 e. The van der Waals surface area contributed by atoms with Crippen molar-refractivity contribution in [3.05, 3.63) is 71.4 Å². The van der Waals surface area contributed by atoms with E-state index in [1.165, 1.54) is 17.7 Å². The molecular formula is C24H22F3N3. The Kier molecular flexibility index (Phi) is 4.72. The van der Waals surface area contributed by atoms with Crippen LogP contribution >= 0.6 is 0 Å². The molecule has 1 aliphatic carbocycles. The van der Waals surface area contributed by atoms with Crippen LogP contribution in [0.5, 0.6) is 0 Å². The monoisotopic (exact) mass is 409 g/mol. The molecular weight excluding hydrogens is 387 g/mol. The highest BCUT2D eigenvalue weighted by atomic mass is 19.2. The van der Waals surface area contributed by atoms with Gasteiger partial charge in [0, 0.05) is 29.6 Å². The number of pyridine rings is 1. The molecule has 0 bridgehead atoms. The summed E-state index contributed by atoms with van der Waals surface area (Å²) in [5.74, 6) is -0.245. The Morgan fingerprint density at radius 1 is 0.933 bits per heavy atom. The number of hydrogen-bond acceptors (Lipinski definition) is 2. The van der Waals surface area contributed by atoms with Crippen molar-refractivity contribution in [2.24, 2.45) is 5.92 Å². The van der Waals surface area contributed by atoms with Gasteiger partial charge in [-0.15, -0.1) is 0 Å². The Morgan fingerprint density at radius 3 is 2.50 bits per heavy atom. The molecule has 2 aromatic carbocycles. The maximum atomic E-state index is 13.8. The smallest absolute Gasteiger partial charge is 0.161 e. The third-order valence-corrected chi connectivity index (χ3v) is 6.63. The zero-order chi connectivity index (χ0) is 20.8. The first kappa shape index (κ1) is 19.1. The summed E-state index contributed by atoms with van der Waals surface area (Å²) in [5, 5.41) is 0.898. The molecule has 2 aromatic heterocycles. The first-order valence-electron chi connectivity index (χ1n) is 10.4. The lowest BCUT2D eigenvalue weighted by Gasteiger charge is -2.32. The van der Waals surface area contributed by atoms with E-state index in [0.717, 1.165) is 48.5 Å². The first-order chi connectivity index (χ1) is 14.5. The summed E-state index contributed by atoms with van der Waals surface area (Å²) >= 11 is 0. The lowest BCUT2D eigenvalue weighted by molar-refractivity contribution is 0.286. The minimum Gasteiger partial charge on any atom is -0.342 e. The molecule has 0 unspecified atom stereocenters. The number of imidazole rings is 1. The minimum absolute atomic E-state index is 0.163. The number of nitrogens with one attached hydrogen (secondary N) is 1. The number of H-pyrrole nitrogens is 1. The molecule has 1 N–H and O–H groups in total. The Hall–Kier alpha value is -2.89. The van der Waals surface area contributed by atoms with Crippen molar-refractivity contribution < 1.29 is 13.2 Å². The maximum absolute atomic E-state index is 13.8. The van der Waals surface area contributed by atoms with E-state index in [0.29, 0.717) is 22.9 Å². The molecule has 6 heteroatoms. The van der Waals surface area contributed by atoms with Gasteiger partial charge in [0.25, 0.3) is 0 Å². The summed E-state index contributed by atoms with van der Waals surface area (Å²) in [6.45, 7) is 2.12. The molecule has 2 heterocycles. The highest BCUT2D eigenvalue weighted by molar-refractivity contribution is 5.82. The van der Waals surface area contributed by atoms with Crippen molar-refractivity contribution >= 4 is 21.9 Å². The predicted molar refractivity (Wildman–Crippen MR) is 111 cm³/mol. The van der Waals surface area contributed by atoms with Crippen LogP contribution in [0, 0.1) is 23.4 Å². The number of aromatic amines is 1. The summed E-state index contributed by atoms with van der Waals surface area (Å²) in [6, 6.07) is 9.08. The molecule has 0 radical (unpaired) electrons. The fourth-order valence-corrected chi connectivity index (χ4v) is 4.89. The van der Waals surface area contributed by atoms with Gasteiger partial charge in [-0.3, -0.25) is 4.98 Å². The maximum Gasteiger partial charge on any atom is 0.161 e. The first-order valence-corrected chi connectivity index (χ1v) is 10.4. The van der Waals surface area contributed by atoms with Gasteiger partial charge in [-0.1, -0.05) is 6.92 Å². The molecule has 4 aromatic rings. The molecule has 1 saturated carbocycles. The van der Waals surface area contributed by atoms with E-state index in [2.05, 4.69) is 21.9 Å². The van der Waals surface area contributed by atoms with Crippen molar-refractivity contribution in [1.82, 2.24) is 15.0 Å². The Morgan fingerprint density at radius 2 is 1.70 bits per heavy atom. The van der Waals surface area contributed by atoms with Crippen LogP contribution in [0.1, 0.15) is 55.8 Å². The van der Waals surface area contributed by atoms with Gasteiger partial charge in [0.2, 0.25) is 0 Å². The number of benzene rings is 2. The fourth-order valence-electron chi connectivity index (χ4n) is 4.89. The molecule has 5 rings (SSSR count). The number of rotatable bonds is 3. The second-order valence-electron chi connectivity index (χ2n) is 8.37.